The van der Waals surface area contributed by atoms with Gasteiger partial charge in [-0.3, -0.25) is 4.79 Å². The molecule has 1 aliphatic carbocycles. The maximum Gasteiger partial charge on any atom is 0.133 e. The molecular formula is C17H24O. The van der Waals surface area contributed by atoms with Gasteiger partial charge in [-0.1, -0.05) is 51.1 Å². The molecule has 1 aromatic rings. The van der Waals surface area contributed by atoms with Gasteiger partial charge in [0.05, 0.1) is 0 Å². The minimum Gasteiger partial charge on any atom is -0.300 e. The van der Waals surface area contributed by atoms with Gasteiger partial charge in [0.15, 0.2) is 0 Å². The van der Waals surface area contributed by atoms with Crippen LogP contribution in [0.4, 0.5) is 0 Å². The lowest BCUT2D eigenvalue weighted by Gasteiger charge is -2.41. The summed E-state index contributed by atoms with van der Waals surface area (Å²) in [6.07, 6.45) is 4.80. The van der Waals surface area contributed by atoms with Crippen LogP contribution in [-0.2, 0) is 10.2 Å². The maximum atomic E-state index is 11.9. The average molecular weight is 244 g/mol. The molecule has 0 amide bonds. The first kappa shape index (κ1) is 13.3. The first-order valence-corrected chi connectivity index (χ1v) is 6.99. The largest absolute Gasteiger partial charge is 0.300 e. The van der Waals surface area contributed by atoms with Crippen molar-refractivity contribution in [1.82, 2.24) is 0 Å². The molecule has 0 aliphatic heterocycles. The molecule has 2 rings (SSSR count). The van der Waals surface area contributed by atoms with Gasteiger partial charge in [-0.2, -0.15) is 0 Å². The van der Waals surface area contributed by atoms with Gasteiger partial charge in [-0.05, 0) is 30.2 Å². The van der Waals surface area contributed by atoms with Gasteiger partial charge < -0.3 is 0 Å². The average Bonchev–Trinajstić information content (AvgIpc) is 2.28. The van der Waals surface area contributed by atoms with Crippen LogP contribution in [0.25, 0.3) is 0 Å². The van der Waals surface area contributed by atoms with Crippen molar-refractivity contribution >= 4 is 5.78 Å². The Morgan fingerprint density at radius 1 is 1.17 bits per heavy atom. The van der Waals surface area contributed by atoms with Gasteiger partial charge in [0, 0.05) is 18.3 Å². The summed E-state index contributed by atoms with van der Waals surface area (Å²) in [6, 6.07) is 10.6. The van der Waals surface area contributed by atoms with Crippen LogP contribution in [0.1, 0.15) is 58.4 Å². The topological polar surface area (TPSA) is 17.1 Å². The number of rotatable bonds is 2. The molecule has 0 aromatic heterocycles. The van der Waals surface area contributed by atoms with Crippen LogP contribution in [0.5, 0.6) is 0 Å². The van der Waals surface area contributed by atoms with E-state index in [1.165, 1.54) is 5.56 Å². The molecule has 1 aromatic carbocycles. The Kier molecular flexibility index (Phi) is 3.61. The summed E-state index contributed by atoms with van der Waals surface area (Å²) >= 11 is 0. The van der Waals surface area contributed by atoms with Gasteiger partial charge in [0.2, 0.25) is 0 Å². The lowest BCUT2D eigenvalue weighted by molar-refractivity contribution is -0.122. The second-order valence-electron chi connectivity index (χ2n) is 6.95. The Hall–Kier alpha value is -1.11. The van der Waals surface area contributed by atoms with E-state index in [2.05, 4.69) is 51.1 Å². The standard InChI is InChI=1S/C17H24O/c1-16(2,3)13-17(11-7-10-15(18)12-17)14-8-5-4-6-9-14/h4-6,8-9H,7,10-13H2,1-3H3. The van der Waals surface area contributed by atoms with Crippen molar-refractivity contribution in [2.24, 2.45) is 5.41 Å². The van der Waals surface area contributed by atoms with Crippen LogP contribution in [0.3, 0.4) is 0 Å². The summed E-state index contributed by atoms with van der Waals surface area (Å²) < 4.78 is 0. The SMILES string of the molecule is CC(C)(C)CC1(c2ccccc2)CCCC(=O)C1. The highest BCUT2D eigenvalue weighted by Crippen LogP contribution is 2.45. The van der Waals surface area contributed by atoms with E-state index in [1.54, 1.807) is 0 Å². The molecule has 1 saturated carbocycles. The fourth-order valence-corrected chi connectivity index (χ4v) is 3.48. The van der Waals surface area contributed by atoms with Crippen molar-refractivity contribution in [3.05, 3.63) is 35.9 Å². The van der Waals surface area contributed by atoms with Gasteiger partial charge in [0.25, 0.3) is 0 Å². The van der Waals surface area contributed by atoms with Gasteiger partial charge in [-0.15, -0.1) is 0 Å². The minimum absolute atomic E-state index is 0.0782. The second-order valence-corrected chi connectivity index (χ2v) is 6.95. The zero-order valence-electron chi connectivity index (χ0n) is 11.8. The molecule has 0 saturated heterocycles. The molecule has 0 N–H and O–H groups in total. The predicted molar refractivity (Wildman–Crippen MR) is 75.7 cm³/mol. The van der Waals surface area contributed by atoms with Crippen molar-refractivity contribution < 1.29 is 4.79 Å². The van der Waals surface area contributed by atoms with E-state index >= 15 is 0 Å². The van der Waals surface area contributed by atoms with Crippen LogP contribution in [-0.4, -0.2) is 5.78 Å². The van der Waals surface area contributed by atoms with Crippen molar-refractivity contribution in [3.63, 3.8) is 0 Å². The number of benzene rings is 1. The normalized spacial score (nSPS) is 25.2. The fraction of sp³-hybridized carbons (Fsp3) is 0.588. The zero-order valence-corrected chi connectivity index (χ0v) is 11.8. The van der Waals surface area contributed by atoms with Crippen LogP contribution >= 0.6 is 0 Å². The summed E-state index contributed by atoms with van der Waals surface area (Å²) in [4.78, 5) is 11.9. The first-order valence-electron chi connectivity index (χ1n) is 6.99. The molecule has 98 valence electrons. The molecule has 0 bridgehead atoms. The molecule has 1 aliphatic rings. The molecule has 1 atom stereocenters. The Bertz CT molecular complexity index is 413. The van der Waals surface area contributed by atoms with Crippen LogP contribution < -0.4 is 0 Å². The lowest BCUT2D eigenvalue weighted by atomic mass is 9.62. The highest BCUT2D eigenvalue weighted by atomic mass is 16.1. The van der Waals surface area contributed by atoms with Crippen molar-refractivity contribution in [2.45, 2.75) is 58.3 Å². The predicted octanol–water partition coefficient (Wildman–Crippen LogP) is 4.50. The minimum atomic E-state index is 0.0782. The van der Waals surface area contributed by atoms with E-state index in [1.807, 2.05) is 0 Å². The third-order valence-corrected chi connectivity index (χ3v) is 3.90. The third-order valence-electron chi connectivity index (χ3n) is 3.90. The van der Waals surface area contributed by atoms with E-state index < -0.39 is 0 Å². The van der Waals surface area contributed by atoms with Crippen LogP contribution in [0.2, 0.25) is 0 Å². The van der Waals surface area contributed by atoms with Gasteiger partial charge in [0.1, 0.15) is 5.78 Å². The Balaban J connectivity index is 2.36. The van der Waals surface area contributed by atoms with E-state index in [0.717, 1.165) is 32.1 Å². The Morgan fingerprint density at radius 2 is 1.83 bits per heavy atom. The molecule has 18 heavy (non-hydrogen) atoms. The van der Waals surface area contributed by atoms with Crippen LogP contribution in [0, 0.1) is 5.41 Å². The molecular weight excluding hydrogens is 220 g/mol. The number of ketones is 1. The van der Waals surface area contributed by atoms with Crippen molar-refractivity contribution in [3.8, 4) is 0 Å². The number of carbonyl (C=O) groups is 1. The van der Waals surface area contributed by atoms with Gasteiger partial charge >= 0.3 is 0 Å². The van der Waals surface area contributed by atoms with Crippen molar-refractivity contribution in [1.29, 1.82) is 0 Å². The molecule has 0 heterocycles. The fourth-order valence-electron chi connectivity index (χ4n) is 3.48. The van der Waals surface area contributed by atoms with Crippen molar-refractivity contribution in [2.75, 3.05) is 0 Å². The van der Waals surface area contributed by atoms with Crippen LogP contribution in [0.15, 0.2) is 30.3 Å². The smallest absolute Gasteiger partial charge is 0.133 e. The monoisotopic (exact) mass is 244 g/mol. The number of carbonyl (C=O) groups excluding carboxylic acids is 1. The molecule has 0 spiro atoms. The molecule has 1 fully saturated rings. The lowest BCUT2D eigenvalue weighted by Crippen LogP contribution is -2.36. The highest BCUT2D eigenvalue weighted by Gasteiger charge is 2.39. The second kappa shape index (κ2) is 4.87. The van der Waals surface area contributed by atoms with E-state index in [0.29, 0.717) is 5.78 Å². The molecule has 1 heteroatoms. The number of hydrogen-bond donors (Lipinski definition) is 0. The highest BCUT2D eigenvalue weighted by molar-refractivity contribution is 5.81. The first-order chi connectivity index (χ1) is 8.41. The number of Topliss-reactive ketones (excluding diaryl/α,β-unsaturated/α-hetero) is 1. The molecule has 0 radical (unpaired) electrons. The summed E-state index contributed by atoms with van der Waals surface area (Å²) in [6.45, 7) is 6.82. The van der Waals surface area contributed by atoms with E-state index in [9.17, 15) is 4.79 Å². The maximum absolute atomic E-state index is 11.9. The van der Waals surface area contributed by atoms with E-state index in [4.69, 9.17) is 0 Å². The summed E-state index contributed by atoms with van der Waals surface area (Å²) in [7, 11) is 0. The third kappa shape index (κ3) is 3.01. The number of hydrogen-bond acceptors (Lipinski definition) is 1. The molecule has 1 unspecified atom stereocenters. The summed E-state index contributed by atoms with van der Waals surface area (Å²) in [5.41, 5.74) is 1.69. The Labute approximate surface area is 111 Å². The molecule has 1 nitrogen and oxygen atoms in total. The van der Waals surface area contributed by atoms with E-state index in [-0.39, 0.29) is 10.8 Å². The zero-order chi connectivity index (χ0) is 13.2. The summed E-state index contributed by atoms with van der Waals surface area (Å²) in [5.74, 6) is 0.439. The summed E-state index contributed by atoms with van der Waals surface area (Å²) in [5, 5.41) is 0. The Morgan fingerprint density at radius 3 is 2.39 bits per heavy atom. The quantitative estimate of drug-likeness (QED) is 0.748. The van der Waals surface area contributed by atoms with Gasteiger partial charge in [-0.25, -0.2) is 0 Å².